The molecule has 1 aliphatic carbocycles. The Hall–Kier alpha value is -1.08. The first-order valence-corrected chi connectivity index (χ1v) is 9.83. The predicted molar refractivity (Wildman–Crippen MR) is 87.1 cm³/mol. The van der Waals surface area contributed by atoms with Gasteiger partial charge in [0.2, 0.25) is 10.0 Å². The van der Waals surface area contributed by atoms with Gasteiger partial charge in [-0.1, -0.05) is 12.2 Å². The minimum absolute atomic E-state index is 0.00234. The normalized spacial score (nSPS) is 23.8. The Morgan fingerprint density at radius 3 is 2.50 bits per heavy atom. The Balaban J connectivity index is 1.74. The van der Waals surface area contributed by atoms with Crippen molar-refractivity contribution in [2.45, 2.75) is 38.1 Å². The first-order chi connectivity index (χ1) is 10.4. The molecule has 126 valence electrons. The summed E-state index contributed by atoms with van der Waals surface area (Å²) in [5.41, 5.74) is 0. The van der Waals surface area contributed by atoms with Crippen LogP contribution in [0.25, 0.3) is 0 Å². The van der Waals surface area contributed by atoms with E-state index in [1.165, 1.54) is 10.6 Å². The molecule has 0 aromatic carbocycles. The molecule has 1 heterocycles. The predicted octanol–water partition coefficient (Wildman–Crippen LogP) is 1.41. The SMILES string of the molecule is CN(C1CCN(C(=O)NCC2CC=CCC2)CC1)S(C)(=O)=O. The first kappa shape index (κ1) is 17.3. The van der Waals surface area contributed by atoms with Gasteiger partial charge >= 0.3 is 6.03 Å². The number of allylic oxidation sites excluding steroid dienone is 2. The maximum absolute atomic E-state index is 12.2. The zero-order valence-electron chi connectivity index (χ0n) is 13.5. The Bertz CT molecular complexity index is 510. The van der Waals surface area contributed by atoms with Crippen molar-refractivity contribution < 1.29 is 13.2 Å². The van der Waals surface area contributed by atoms with Crippen LogP contribution in [0.15, 0.2) is 12.2 Å². The number of hydrogen-bond donors (Lipinski definition) is 1. The van der Waals surface area contributed by atoms with E-state index < -0.39 is 10.0 Å². The zero-order chi connectivity index (χ0) is 16.2. The van der Waals surface area contributed by atoms with Crippen molar-refractivity contribution in [1.29, 1.82) is 0 Å². The number of likely N-dealkylation sites (tertiary alicyclic amines) is 1. The number of amides is 2. The highest BCUT2D eigenvalue weighted by Crippen LogP contribution is 2.19. The summed E-state index contributed by atoms with van der Waals surface area (Å²) in [5.74, 6) is 0.544. The average molecular weight is 329 g/mol. The number of carbonyl (C=O) groups excluding carboxylic acids is 1. The van der Waals surface area contributed by atoms with Gasteiger partial charge < -0.3 is 10.2 Å². The third-order valence-corrected chi connectivity index (χ3v) is 6.05. The maximum atomic E-state index is 12.2. The summed E-state index contributed by atoms with van der Waals surface area (Å²) in [5, 5.41) is 3.02. The van der Waals surface area contributed by atoms with Crippen molar-refractivity contribution in [1.82, 2.24) is 14.5 Å². The molecule has 2 aliphatic rings. The summed E-state index contributed by atoms with van der Waals surface area (Å²) in [6, 6.07) is -0.0162. The molecule has 1 atom stereocenters. The van der Waals surface area contributed by atoms with Crippen LogP contribution in [0.4, 0.5) is 4.79 Å². The molecule has 0 saturated carbocycles. The molecule has 0 spiro atoms. The number of sulfonamides is 1. The number of rotatable bonds is 4. The van der Waals surface area contributed by atoms with Crippen molar-refractivity contribution in [2.24, 2.45) is 5.92 Å². The van der Waals surface area contributed by atoms with Crippen molar-refractivity contribution in [3.8, 4) is 0 Å². The molecule has 2 amide bonds. The summed E-state index contributed by atoms with van der Waals surface area (Å²) in [6.07, 6.45) is 10.3. The fraction of sp³-hybridized carbons (Fsp3) is 0.800. The van der Waals surface area contributed by atoms with Crippen LogP contribution < -0.4 is 5.32 Å². The molecule has 1 saturated heterocycles. The van der Waals surface area contributed by atoms with Gasteiger partial charge in [0.1, 0.15) is 0 Å². The fourth-order valence-corrected chi connectivity index (χ4v) is 3.84. The Labute approximate surface area is 133 Å². The van der Waals surface area contributed by atoms with E-state index in [-0.39, 0.29) is 12.1 Å². The summed E-state index contributed by atoms with van der Waals surface area (Å²) >= 11 is 0. The summed E-state index contributed by atoms with van der Waals surface area (Å²) in [6.45, 7) is 1.95. The molecule has 1 unspecified atom stereocenters. The highest BCUT2D eigenvalue weighted by molar-refractivity contribution is 7.88. The van der Waals surface area contributed by atoms with Gasteiger partial charge in [0, 0.05) is 32.7 Å². The van der Waals surface area contributed by atoms with Gasteiger partial charge in [0.25, 0.3) is 0 Å². The Morgan fingerprint density at radius 1 is 1.27 bits per heavy atom. The average Bonchev–Trinajstić information content (AvgIpc) is 2.52. The van der Waals surface area contributed by atoms with E-state index in [0.717, 1.165) is 25.8 Å². The largest absolute Gasteiger partial charge is 0.338 e. The number of carbonyl (C=O) groups is 1. The molecular formula is C15H27N3O3S. The Kier molecular flexibility index (Phi) is 5.86. The van der Waals surface area contributed by atoms with Crippen LogP contribution in [0.1, 0.15) is 32.1 Å². The maximum Gasteiger partial charge on any atom is 0.317 e. The lowest BCUT2D eigenvalue weighted by molar-refractivity contribution is 0.162. The van der Waals surface area contributed by atoms with E-state index >= 15 is 0 Å². The van der Waals surface area contributed by atoms with Gasteiger partial charge in [-0.3, -0.25) is 0 Å². The number of urea groups is 1. The second-order valence-electron chi connectivity index (χ2n) is 6.33. The van der Waals surface area contributed by atoms with Gasteiger partial charge in [-0.05, 0) is 38.0 Å². The highest BCUT2D eigenvalue weighted by atomic mass is 32.2. The third-order valence-electron chi connectivity index (χ3n) is 4.71. The molecule has 0 aromatic rings. The van der Waals surface area contributed by atoms with E-state index in [0.29, 0.717) is 31.8 Å². The first-order valence-electron chi connectivity index (χ1n) is 7.98. The van der Waals surface area contributed by atoms with Crippen LogP contribution in [-0.4, -0.2) is 62.6 Å². The smallest absolute Gasteiger partial charge is 0.317 e. The molecule has 1 fully saturated rings. The number of piperidine rings is 1. The molecule has 22 heavy (non-hydrogen) atoms. The lowest BCUT2D eigenvalue weighted by Gasteiger charge is -2.35. The molecule has 1 N–H and O–H groups in total. The second-order valence-corrected chi connectivity index (χ2v) is 8.38. The van der Waals surface area contributed by atoms with E-state index in [1.807, 2.05) is 0 Å². The van der Waals surface area contributed by atoms with Gasteiger partial charge in [-0.15, -0.1) is 0 Å². The second kappa shape index (κ2) is 7.46. The molecule has 0 bridgehead atoms. The molecule has 7 heteroatoms. The molecule has 0 aromatic heterocycles. The van der Waals surface area contributed by atoms with E-state index in [1.54, 1.807) is 11.9 Å². The van der Waals surface area contributed by atoms with E-state index in [4.69, 9.17) is 0 Å². The van der Waals surface area contributed by atoms with Crippen molar-refractivity contribution in [3.05, 3.63) is 12.2 Å². The van der Waals surface area contributed by atoms with Crippen LogP contribution in [0.3, 0.4) is 0 Å². The molecule has 6 nitrogen and oxygen atoms in total. The van der Waals surface area contributed by atoms with Crippen LogP contribution in [0.2, 0.25) is 0 Å². The van der Waals surface area contributed by atoms with Gasteiger partial charge in [0.15, 0.2) is 0 Å². The van der Waals surface area contributed by atoms with Crippen molar-refractivity contribution in [3.63, 3.8) is 0 Å². The van der Waals surface area contributed by atoms with Crippen LogP contribution in [0.5, 0.6) is 0 Å². The topological polar surface area (TPSA) is 69.7 Å². The zero-order valence-corrected chi connectivity index (χ0v) is 14.3. The van der Waals surface area contributed by atoms with Gasteiger partial charge in [0.05, 0.1) is 6.26 Å². The monoisotopic (exact) mass is 329 g/mol. The Morgan fingerprint density at radius 2 is 1.95 bits per heavy atom. The third kappa shape index (κ3) is 4.71. The van der Waals surface area contributed by atoms with Crippen molar-refractivity contribution in [2.75, 3.05) is 32.9 Å². The molecular weight excluding hydrogens is 302 g/mol. The van der Waals surface area contributed by atoms with Crippen LogP contribution in [-0.2, 0) is 10.0 Å². The molecule has 1 aliphatic heterocycles. The highest BCUT2D eigenvalue weighted by Gasteiger charge is 2.29. The fourth-order valence-electron chi connectivity index (χ4n) is 3.09. The van der Waals surface area contributed by atoms with E-state index in [9.17, 15) is 13.2 Å². The van der Waals surface area contributed by atoms with Crippen molar-refractivity contribution >= 4 is 16.1 Å². The number of nitrogens with zero attached hydrogens (tertiary/aromatic N) is 2. The summed E-state index contributed by atoms with van der Waals surface area (Å²) in [4.78, 5) is 14.0. The van der Waals surface area contributed by atoms with Crippen LogP contribution in [0, 0.1) is 5.92 Å². The number of hydrogen-bond acceptors (Lipinski definition) is 3. The summed E-state index contributed by atoms with van der Waals surface area (Å²) < 4.78 is 24.5. The van der Waals surface area contributed by atoms with Gasteiger partial charge in [-0.25, -0.2) is 17.5 Å². The van der Waals surface area contributed by atoms with Gasteiger partial charge in [-0.2, -0.15) is 0 Å². The standard InChI is InChI=1S/C15H27N3O3S/c1-17(22(2,20)21)14-8-10-18(11-9-14)15(19)16-12-13-6-4-3-5-7-13/h3-4,13-14H,5-12H2,1-2H3,(H,16,19). The minimum atomic E-state index is -3.16. The minimum Gasteiger partial charge on any atom is -0.338 e. The lowest BCUT2D eigenvalue weighted by atomic mass is 9.94. The molecule has 0 radical (unpaired) electrons. The molecule has 2 rings (SSSR count). The van der Waals surface area contributed by atoms with E-state index in [2.05, 4.69) is 17.5 Å². The van der Waals surface area contributed by atoms with Crippen LogP contribution >= 0.6 is 0 Å². The summed E-state index contributed by atoms with van der Waals surface area (Å²) in [7, 11) is -1.54. The quantitative estimate of drug-likeness (QED) is 0.793. The lowest BCUT2D eigenvalue weighted by Crippen LogP contribution is -2.50. The number of nitrogens with one attached hydrogen (secondary N) is 1.